The molecule has 20 heavy (non-hydrogen) atoms. The van der Waals surface area contributed by atoms with Crippen molar-refractivity contribution in [1.82, 2.24) is 14.1 Å². The molecule has 3 rings (SSSR count). The number of fused-ring (bicyclic) bond motifs is 1. The van der Waals surface area contributed by atoms with Gasteiger partial charge in [0, 0.05) is 19.8 Å². The number of rotatable bonds is 1. The molecule has 0 aliphatic rings. The first kappa shape index (κ1) is 12.8. The summed E-state index contributed by atoms with van der Waals surface area (Å²) < 4.78 is 2.61. The maximum Gasteiger partial charge on any atom is 0.330 e. The molecule has 0 amide bonds. The standard InChI is InChI=1S/C14H13N3O2S/c1-8-7-9-11(12(15-8)10-5-4-6-20-10)13(18)17(3)14(19)16(9)2/h4-7H,1-3H3. The minimum absolute atomic E-state index is 0.306. The van der Waals surface area contributed by atoms with Crippen LogP contribution in [0.1, 0.15) is 5.69 Å². The van der Waals surface area contributed by atoms with Gasteiger partial charge in [-0.1, -0.05) is 6.07 Å². The van der Waals surface area contributed by atoms with Crippen LogP contribution in [0.3, 0.4) is 0 Å². The predicted molar refractivity (Wildman–Crippen MR) is 80.3 cm³/mol. The second-order valence-corrected chi connectivity index (χ2v) is 5.64. The normalized spacial score (nSPS) is 11.2. The van der Waals surface area contributed by atoms with Gasteiger partial charge in [-0.15, -0.1) is 11.3 Å². The fourth-order valence-corrected chi connectivity index (χ4v) is 3.03. The van der Waals surface area contributed by atoms with Crippen molar-refractivity contribution < 1.29 is 0 Å². The van der Waals surface area contributed by atoms with Crippen LogP contribution in [0.25, 0.3) is 21.5 Å². The van der Waals surface area contributed by atoms with E-state index in [0.717, 1.165) is 15.1 Å². The SMILES string of the molecule is Cc1cc2c(c(-c3cccs3)n1)c(=O)n(C)c(=O)n2C. The fourth-order valence-electron chi connectivity index (χ4n) is 2.31. The lowest BCUT2D eigenvalue weighted by Gasteiger charge is -2.10. The van der Waals surface area contributed by atoms with Gasteiger partial charge in [0.05, 0.1) is 21.5 Å². The van der Waals surface area contributed by atoms with Crippen LogP contribution in [-0.2, 0) is 14.1 Å². The molecule has 0 aliphatic heterocycles. The Morgan fingerprint density at radius 3 is 2.60 bits per heavy atom. The number of aryl methyl sites for hydroxylation is 2. The maximum absolute atomic E-state index is 12.4. The molecule has 0 N–H and O–H groups in total. The van der Waals surface area contributed by atoms with E-state index in [0.29, 0.717) is 16.6 Å². The van der Waals surface area contributed by atoms with Crippen molar-refractivity contribution in [2.45, 2.75) is 6.92 Å². The van der Waals surface area contributed by atoms with Gasteiger partial charge in [-0.25, -0.2) is 4.79 Å². The number of pyridine rings is 1. The van der Waals surface area contributed by atoms with Crippen molar-refractivity contribution in [2.75, 3.05) is 0 Å². The zero-order valence-electron chi connectivity index (χ0n) is 11.4. The molecular weight excluding hydrogens is 274 g/mol. The monoisotopic (exact) mass is 287 g/mol. The Bertz CT molecular complexity index is 920. The van der Waals surface area contributed by atoms with Gasteiger partial charge >= 0.3 is 5.69 Å². The Morgan fingerprint density at radius 1 is 1.20 bits per heavy atom. The highest BCUT2D eigenvalue weighted by Crippen LogP contribution is 2.28. The Kier molecular flexibility index (Phi) is 2.83. The highest BCUT2D eigenvalue weighted by Gasteiger charge is 2.16. The van der Waals surface area contributed by atoms with Crippen LogP contribution in [-0.4, -0.2) is 14.1 Å². The lowest BCUT2D eigenvalue weighted by molar-refractivity contribution is 0.713. The van der Waals surface area contributed by atoms with Gasteiger partial charge in [-0.05, 0) is 24.4 Å². The molecule has 102 valence electrons. The van der Waals surface area contributed by atoms with Crippen molar-refractivity contribution in [1.29, 1.82) is 0 Å². The average molecular weight is 287 g/mol. The molecule has 0 atom stereocenters. The summed E-state index contributed by atoms with van der Waals surface area (Å²) in [5.41, 5.74) is 1.41. The van der Waals surface area contributed by atoms with Gasteiger partial charge in [0.15, 0.2) is 0 Å². The molecule has 6 heteroatoms. The van der Waals surface area contributed by atoms with E-state index in [1.165, 1.54) is 23.0 Å². The maximum atomic E-state index is 12.4. The number of aromatic nitrogens is 3. The molecule has 0 saturated carbocycles. The zero-order valence-corrected chi connectivity index (χ0v) is 12.2. The highest BCUT2D eigenvalue weighted by molar-refractivity contribution is 7.13. The van der Waals surface area contributed by atoms with Crippen LogP contribution in [0.4, 0.5) is 0 Å². The first-order valence-electron chi connectivity index (χ1n) is 6.12. The van der Waals surface area contributed by atoms with Gasteiger partial charge in [-0.3, -0.25) is 18.9 Å². The van der Waals surface area contributed by atoms with Gasteiger partial charge in [0.2, 0.25) is 0 Å². The minimum Gasteiger partial charge on any atom is -0.296 e. The molecule has 0 aliphatic carbocycles. The molecular formula is C14H13N3O2S. The summed E-state index contributed by atoms with van der Waals surface area (Å²) in [7, 11) is 3.16. The van der Waals surface area contributed by atoms with Crippen LogP contribution in [0.2, 0.25) is 0 Å². The molecule has 0 spiro atoms. The Balaban J connectivity index is 2.61. The predicted octanol–water partition coefficient (Wildman–Crippen LogP) is 1.67. The van der Waals surface area contributed by atoms with E-state index >= 15 is 0 Å². The average Bonchev–Trinajstić information content (AvgIpc) is 2.95. The van der Waals surface area contributed by atoms with Crippen LogP contribution in [0.5, 0.6) is 0 Å². The topological polar surface area (TPSA) is 56.9 Å². The zero-order chi connectivity index (χ0) is 14.4. The number of hydrogen-bond acceptors (Lipinski definition) is 4. The summed E-state index contributed by atoms with van der Waals surface area (Å²) in [5, 5.41) is 2.43. The lowest BCUT2D eigenvalue weighted by atomic mass is 10.1. The third-order valence-corrected chi connectivity index (χ3v) is 4.21. The van der Waals surface area contributed by atoms with Crippen LogP contribution in [0, 0.1) is 6.92 Å². The number of hydrogen-bond donors (Lipinski definition) is 0. The summed E-state index contributed by atoms with van der Waals surface area (Å²) in [4.78, 5) is 29.9. The number of thiophene rings is 1. The molecule has 5 nitrogen and oxygen atoms in total. The van der Waals surface area contributed by atoms with Crippen LogP contribution < -0.4 is 11.2 Å². The van der Waals surface area contributed by atoms with Crippen molar-refractivity contribution >= 4 is 22.2 Å². The molecule has 0 bridgehead atoms. The summed E-state index contributed by atoms with van der Waals surface area (Å²) in [6.07, 6.45) is 0. The Morgan fingerprint density at radius 2 is 1.95 bits per heavy atom. The number of nitrogens with zero attached hydrogens (tertiary/aromatic N) is 3. The van der Waals surface area contributed by atoms with Crippen molar-refractivity contribution in [3.63, 3.8) is 0 Å². The molecule has 3 heterocycles. The van der Waals surface area contributed by atoms with E-state index in [-0.39, 0.29) is 11.2 Å². The summed E-state index contributed by atoms with van der Waals surface area (Å²) in [6, 6.07) is 5.62. The molecule has 0 fully saturated rings. The highest BCUT2D eigenvalue weighted by atomic mass is 32.1. The largest absolute Gasteiger partial charge is 0.330 e. The second kappa shape index (κ2) is 4.42. The molecule has 3 aromatic rings. The van der Waals surface area contributed by atoms with Crippen LogP contribution in [0.15, 0.2) is 33.2 Å². The van der Waals surface area contributed by atoms with Crippen LogP contribution >= 0.6 is 11.3 Å². The Labute approximate surface area is 118 Å². The molecule has 3 aromatic heterocycles. The van der Waals surface area contributed by atoms with Gasteiger partial charge in [0.1, 0.15) is 0 Å². The first-order chi connectivity index (χ1) is 9.50. The third kappa shape index (κ3) is 1.72. The second-order valence-electron chi connectivity index (χ2n) is 4.69. The van der Waals surface area contributed by atoms with E-state index in [2.05, 4.69) is 4.98 Å². The third-order valence-electron chi connectivity index (χ3n) is 3.33. The van der Waals surface area contributed by atoms with E-state index < -0.39 is 0 Å². The summed E-state index contributed by atoms with van der Waals surface area (Å²) in [6.45, 7) is 1.86. The van der Waals surface area contributed by atoms with Crippen molar-refractivity contribution in [3.8, 4) is 10.6 Å². The Hall–Kier alpha value is -2.21. The van der Waals surface area contributed by atoms with Gasteiger partial charge in [0.25, 0.3) is 5.56 Å². The van der Waals surface area contributed by atoms with E-state index in [1.54, 1.807) is 13.1 Å². The minimum atomic E-state index is -0.328. The van der Waals surface area contributed by atoms with Gasteiger partial charge in [-0.2, -0.15) is 0 Å². The quantitative estimate of drug-likeness (QED) is 0.684. The summed E-state index contributed by atoms with van der Waals surface area (Å²) >= 11 is 1.53. The molecule has 0 saturated heterocycles. The van der Waals surface area contributed by atoms with E-state index in [1.807, 2.05) is 24.4 Å². The fraction of sp³-hybridized carbons (Fsp3) is 0.214. The summed E-state index contributed by atoms with van der Waals surface area (Å²) in [5.74, 6) is 0. The first-order valence-corrected chi connectivity index (χ1v) is 7.00. The molecule has 0 unspecified atom stereocenters. The van der Waals surface area contributed by atoms with E-state index in [4.69, 9.17) is 0 Å². The van der Waals surface area contributed by atoms with Gasteiger partial charge < -0.3 is 0 Å². The smallest absolute Gasteiger partial charge is 0.296 e. The van der Waals surface area contributed by atoms with Crippen molar-refractivity contribution in [2.24, 2.45) is 14.1 Å². The lowest BCUT2D eigenvalue weighted by Crippen LogP contribution is -2.37. The van der Waals surface area contributed by atoms with Crippen molar-refractivity contribution in [3.05, 3.63) is 50.1 Å². The molecule has 0 radical (unpaired) electrons. The van der Waals surface area contributed by atoms with E-state index in [9.17, 15) is 9.59 Å². The molecule has 0 aromatic carbocycles.